The zero-order chi connectivity index (χ0) is 21.0. The van der Waals surface area contributed by atoms with Crippen LogP contribution in [-0.4, -0.2) is 24.2 Å². The van der Waals surface area contributed by atoms with Crippen molar-refractivity contribution in [3.05, 3.63) is 70.8 Å². The van der Waals surface area contributed by atoms with Gasteiger partial charge in [-0.1, -0.05) is 36.4 Å². The van der Waals surface area contributed by atoms with Gasteiger partial charge in [0, 0.05) is 24.2 Å². The van der Waals surface area contributed by atoms with Crippen LogP contribution in [0.4, 0.5) is 5.69 Å². The van der Waals surface area contributed by atoms with Gasteiger partial charge in [-0.25, -0.2) is 5.43 Å². The summed E-state index contributed by atoms with van der Waals surface area (Å²) in [4.78, 5) is 14.5. The minimum Gasteiger partial charge on any atom is -0.363 e. The van der Waals surface area contributed by atoms with Crippen molar-refractivity contribution in [2.45, 2.75) is 53.0 Å². The monoisotopic (exact) mass is 389 g/mol. The van der Waals surface area contributed by atoms with Crippen LogP contribution in [0.3, 0.4) is 0 Å². The van der Waals surface area contributed by atoms with E-state index in [1.807, 2.05) is 30.3 Å². The van der Waals surface area contributed by atoms with Gasteiger partial charge in [0.15, 0.2) is 0 Å². The molecular weight excluding hydrogens is 358 g/mol. The molecule has 1 amide bonds. The van der Waals surface area contributed by atoms with Gasteiger partial charge in [-0.2, -0.15) is 5.10 Å². The van der Waals surface area contributed by atoms with E-state index < -0.39 is 0 Å². The number of nitrogens with zero attached hydrogens (tertiary/aromatic N) is 2. The molecule has 0 unspecified atom stereocenters. The largest absolute Gasteiger partial charge is 0.363 e. The lowest BCUT2D eigenvalue weighted by molar-refractivity contribution is -0.121. The van der Waals surface area contributed by atoms with Gasteiger partial charge >= 0.3 is 0 Å². The van der Waals surface area contributed by atoms with Crippen LogP contribution in [0.15, 0.2) is 53.6 Å². The quantitative estimate of drug-likeness (QED) is 0.552. The molecule has 29 heavy (non-hydrogen) atoms. The molecule has 1 N–H and O–H groups in total. The van der Waals surface area contributed by atoms with Crippen molar-refractivity contribution in [2.75, 3.05) is 11.4 Å². The minimum absolute atomic E-state index is 0.000602. The van der Waals surface area contributed by atoms with E-state index in [0.717, 1.165) is 23.2 Å². The average Bonchev–Trinajstić information content (AvgIpc) is 2.68. The van der Waals surface area contributed by atoms with Gasteiger partial charge in [-0.05, 0) is 75.4 Å². The molecule has 0 atom stereocenters. The van der Waals surface area contributed by atoms with Crippen molar-refractivity contribution in [3.8, 4) is 0 Å². The number of allylic oxidation sites excluding steroid dienone is 1. The van der Waals surface area contributed by atoms with Crippen LogP contribution in [0, 0.1) is 6.92 Å². The van der Waals surface area contributed by atoms with Crippen molar-refractivity contribution in [1.29, 1.82) is 0 Å². The number of amides is 1. The molecule has 1 aliphatic rings. The van der Waals surface area contributed by atoms with Gasteiger partial charge in [0.2, 0.25) is 5.91 Å². The second kappa shape index (κ2) is 8.64. The molecule has 4 nitrogen and oxygen atoms in total. The topological polar surface area (TPSA) is 44.7 Å². The highest BCUT2D eigenvalue weighted by Gasteiger charge is 2.30. The first-order valence-corrected chi connectivity index (χ1v) is 10.3. The van der Waals surface area contributed by atoms with Crippen LogP contribution in [0.5, 0.6) is 0 Å². The van der Waals surface area contributed by atoms with Crippen LogP contribution >= 0.6 is 0 Å². The first-order chi connectivity index (χ1) is 13.8. The number of fused-ring (bicyclic) bond motifs is 1. The number of benzene rings is 2. The van der Waals surface area contributed by atoms with Crippen LogP contribution in [0.1, 0.15) is 56.4 Å². The molecule has 0 saturated heterocycles. The van der Waals surface area contributed by atoms with Crippen LogP contribution in [0.25, 0.3) is 5.57 Å². The van der Waals surface area contributed by atoms with E-state index in [-0.39, 0.29) is 11.4 Å². The van der Waals surface area contributed by atoms with Crippen molar-refractivity contribution >= 4 is 23.4 Å². The lowest BCUT2D eigenvalue weighted by Crippen LogP contribution is -2.45. The predicted octanol–water partition coefficient (Wildman–Crippen LogP) is 5.10. The average molecular weight is 390 g/mol. The number of likely N-dealkylation sites (N-methyl/N-ethyl adjacent to an activating group) is 1. The van der Waals surface area contributed by atoms with E-state index >= 15 is 0 Å². The summed E-state index contributed by atoms with van der Waals surface area (Å²) in [6.45, 7) is 11.9. The number of hydrazone groups is 1. The zero-order valence-electron chi connectivity index (χ0n) is 18.1. The Morgan fingerprint density at radius 3 is 2.59 bits per heavy atom. The Bertz CT molecular complexity index is 942. The zero-order valence-corrected chi connectivity index (χ0v) is 18.1. The molecule has 1 heterocycles. The maximum Gasteiger partial charge on any atom is 0.240 e. The summed E-state index contributed by atoms with van der Waals surface area (Å²) in [6.07, 6.45) is 5.21. The highest BCUT2D eigenvalue weighted by atomic mass is 16.2. The third-order valence-corrected chi connectivity index (χ3v) is 5.56. The Labute approximate surface area is 174 Å². The van der Waals surface area contributed by atoms with Crippen molar-refractivity contribution in [2.24, 2.45) is 5.10 Å². The molecule has 1 aliphatic heterocycles. The van der Waals surface area contributed by atoms with E-state index in [2.05, 4.69) is 68.3 Å². The smallest absolute Gasteiger partial charge is 0.240 e. The van der Waals surface area contributed by atoms with Crippen LogP contribution in [0.2, 0.25) is 0 Å². The number of aryl methyl sites for hydroxylation is 2. The molecule has 0 bridgehead atoms. The molecule has 3 rings (SSSR count). The van der Waals surface area contributed by atoms with E-state index in [1.54, 1.807) is 6.21 Å². The van der Waals surface area contributed by atoms with Gasteiger partial charge < -0.3 is 4.90 Å². The standard InChI is InChI=1S/C25H31N3O/c1-6-28-23-14-18(2)21(15-22(23)19(3)16-25(28,4)5)17-26-27-24(29)13-12-20-10-8-7-9-11-20/h7-11,14-17H,6,12-13H2,1-5H3,(H,27,29)/b26-17-. The minimum atomic E-state index is -0.0734. The molecule has 0 radical (unpaired) electrons. The Morgan fingerprint density at radius 1 is 1.17 bits per heavy atom. The maximum absolute atomic E-state index is 12.1. The molecule has 0 fully saturated rings. The molecule has 0 saturated carbocycles. The van der Waals surface area contributed by atoms with Gasteiger partial charge in [-0.15, -0.1) is 0 Å². The molecule has 0 aromatic heterocycles. The molecule has 0 spiro atoms. The first-order valence-electron chi connectivity index (χ1n) is 10.3. The van der Waals surface area contributed by atoms with Gasteiger partial charge in [0.25, 0.3) is 0 Å². The lowest BCUT2D eigenvalue weighted by Gasteiger charge is -2.43. The van der Waals surface area contributed by atoms with Crippen molar-refractivity contribution in [1.82, 2.24) is 5.43 Å². The summed E-state index contributed by atoms with van der Waals surface area (Å²) in [7, 11) is 0. The summed E-state index contributed by atoms with van der Waals surface area (Å²) in [5.41, 5.74) is 9.75. The van der Waals surface area contributed by atoms with Crippen molar-refractivity contribution < 1.29 is 4.79 Å². The summed E-state index contributed by atoms with van der Waals surface area (Å²) >= 11 is 0. The first kappa shape index (κ1) is 20.8. The van der Waals surface area contributed by atoms with E-state index in [1.165, 1.54) is 16.8 Å². The second-order valence-corrected chi connectivity index (χ2v) is 8.23. The fourth-order valence-corrected chi connectivity index (χ4v) is 4.09. The normalized spacial score (nSPS) is 15.2. The number of carbonyl (C=O) groups excluding carboxylic acids is 1. The number of hydrogen-bond donors (Lipinski definition) is 1. The van der Waals surface area contributed by atoms with Crippen LogP contribution in [-0.2, 0) is 11.2 Å². The molecule has 152 valence electrons. The Balaban J connectivity index is 1.70. The van der Waals surface area contributed by atoms with E-state index in [4.69, 9.17) is 0 Å². The number of rotatable bonds is 6. The van der Waals surface area contributed by atoms with Gasteiger partial charge in [-0.3, -0.25) is 4.79 Å². The summed E-state index contributed by atoms with van der Waals surface area (Å²) in [5, 5.41) is 4.20. The predicted molar refractivity (Wildman–Crippen MR) is 122 cm³/mol. The molecule has 2 aromatic carbocycles. The summed E-state index contributed by atoms with van der Waals surface area (Å²) in [5.74, 6) is -0.0734. The summed E-state index contributed by atoms with van der Waals surface area (Å²) in [6, 6.07) is 14.4. The van der Waals surface area contributed by atoms with Gasteiger partial charge in [0.05, 0.1) is 11.8 Å². The highest BCUT2D eigenvalue weighted by Crippen LogP contribution is 2.39. The Morgan fingerprint density at radius 2 is 1.90 bits per heavy atom. The Hall–Kier alpha value is -2.88. The SMILES string of the molecule is CCN1c2cc(C)c(/C=N\NC(=O)CCc3ccccc3)cc2C(C)=CC1(C)C. The fourth-order valence-electron chi connectivity index (χ4n) is 4.09. The molecule has 2 aromatic rings. The number of anilines is 1. The number of carbonyl (C=O) groups is 1. The van der Waals surface area contributed by atoms with Crippen molar-refractivity contribution in [3.63, 3.8) is 0 Å². The molecule has 0 aliphatic carbocycles. The number of hydrogen-bond acceptors (Lipinski definition) is 3. The highest BCUT2D eigenvalue weighted by molar-refractivity contribution is 5.90. The van der Waals surface area contributed by atoms with Crippen LogP contribution < -0.4 is 10.3 Å². The third-order valence-electron chi connectivity index (χ3n) is 5.56. The van der Waals surface area contributed by atoms with Gasteiger partial charge in [0.1, 0.15) is 0 Å². The summed E-state index contributed by atoms with van der Waals surface area (Å²) < 4.78 is 0. The lowest BCUT2D eigenvalue weighted by atomic mass is 9.87. The number of nitrogens with one attached hydrogen (secondary N) is 1. The maximum atomic E-state index is 12.1. The third kappa shape index (κ3) is 4.76. The molecule has 4 heteroatoms. The Kier molecular flexibility index (Phi) is 6.21. The molecular formula is C25H31N3O. The second-order valence-electron chi connectivity index (χ2n) is 8.23. The fraction of sp³-hybridized carbons (Fsp3) is 0.360. The van der Waals surface area contributed by atoms with E-state index in [0.29, 0.717) is 12.8 Å². The van der Waals surface area contributed by atoms with E-state index in [9.17, 15) is 4.79 Å².